The van der Waals surface area contributed by atoms with Crippen LogP contribution in [0.15, 0.2) is 43.9 Å². The minimum Gasteiger partial charge on any atom is -0.390 e. The maximum absolute atomic E-state index is 3.85. The first-order valence-corrected chi connectivity index (χ1v) is 7.63. The van der Waals surface area contributed by atoms with E-state index in [1.54, 1.807) is 0 Å². The third-order valence-corrected chi connectivity index (χ3v) is 3.07. The van der Waals surface area contributed by atoms with Gasteiger partial charge in [-0.15, -0.1) is 0 Å². The number of hydrogen-bond donors (Lipinski definition) is 1. The summed E-state index contributed by atoms with van der Waals surface area (Å²) in [5.41, 5.74) is 0. The van der Waals surface area contributed by atoms with E-state index in [2.05, 4.69) is 64.7 Å². The van der Waals surface area contributed by atoms with Gasteiger partial charge in [-0.25, -0.2) is 9.13 Å². The van der Waals surface area contributed by atoms with E-state index >= 15 is 0 Å². The van der Waals surface area contributed by atoms with E-state index in [0.717, 1.165) is 39.0 Å². The van der Waals surface area contributed by atoms with Crippen LogP contribution in [0.1, 0.15) is 33.1 Å². The van der Waals surface area contributed by atoms with Crippen molar-refractivity contribution in [2.24, 2.45) is 0 Å². The first-order chi connectivity index (χ1) is 9.80. The highest BCUT2D eigenvalue weighted by Crippen LogP contribution is 1.96. The van der Waals surface area contributed by atoms with E-state index in [9.17, 15) is 0 Å². The first-order valence-electron chi connectivity index (χ1n) is 7.63. The molecule has 1 heterocycles. The summed E-state index contributed by atoms with van der Waals surface area (Å²) in [6.45, 7) is 12.3. The third kappa shape index (κ3) is 6.45. The average Bonchev–Trinajstić information content (AvgIpc) is 2.89. The number of hydrogen-bond acceptors (Lipinski definition) is 2. The van der Waals surface area contributed by atoms with Gasteiger partial charge in [0.1, 0.15) is 12.4 Å². The molecule has 4 nitrogen and oxygen atoms in total. The number of rotatable bonds is 11. The quantitative estimate of drug-likeness (QED) is 0.496. The Labute approximate surface area is 123 Å². The molecule has 20 heavy (non-hydrogen) atoms. The summed E-state index contributed by atoms with van der Waals surface area (Å²) in [6.07, 6.45) is 15.8. The lowest BCUT2D eigenvalue weighted by atomic mass is 10.4. The van der Waals surface area contributed by atoms with E-state index in [-0.39, 0.29) is 0 Å². The van der Waals surface area contributed by atoms with Crippen LogP contribution in [0, 0.1) is 0 Å². The Morgan fingerprint density at radius 3 is 2.90 bits per heavy atom. The van der Waals surface area contributed by atoms with Crippen molar-refractivity contribution in [1.29, 1.82) is 0 Å². The molecule has 0 aromatic carbocycles. The zero-order valence-electron chi connectivity index (χ0n) is 13.0. The Morgan fingerprint density at radius 2 is 2.20 bits per heavy atom. The summed E-state index contributed by atoms with van der Waals surface area (Å²) in [7, 11) is 0. The standard InChI is InChI=1S/C16H29N4/c1-4-8-17-9-13-18(6-3)11-7-12-20-15-14-19(16-20)10-5-2/h6,9,13-17H,3-5,7-8,10-12H2,1-2H3/q+1/b13-9-. The third-order valence-electron chi connectivity index (χ3n) is 3.07. The Hall–Kier alpha value is -1.71. The zero-order valence-corrected chi connectivity index (χ0v) is 13.0. The van der Waals surface area contributed by atoms with E-state index in [4.69, 9.17) is 0 Å². The summed E-state index contributed by atoms with van der Waals surface area (Å²) >= 11 is 0. The van der Waals surface area contributed by atoms with E-state index in [0.29, 0.717) is 0 Å². The van der Waals surface area contributed by atoms with Crippen molar-refractivity contribution in [3.8, 4) is 0 Å². The molecule has 112 valence electrons. The van der Waals surface area contributed by atoms with Crippen LogP contribution in [0.25, 0.3) is 0 Å². The summed E-state index contributed by atoms with van der Waals surface area (Å²) in [5, 5.41) is 3.25. The van der Waals surface area contributed by atoms with Crippen LogP contribution in [-0.2, 0) is 13.1 Å². The van der Waals surface area contributed by atoms with Gasteiger partial charge in [-0.2, -0.15) is 0 Å². The Balaban J connectivity index is 2.26. The highest BCUT2D eigenvalue weighted by Gasteiger charge is 2.03. The molecule has 0 saturated carbocycles. The fourth-order valence-corrected chi connectivity index (χ4v) is 2.00. The van der Waals surface area contributed by atoms with Gasteiger partial charge in [0.2, 0.25) is 6.33 Å². The van der Waals surface area contributed by atoms with Gasteiger partial charge in [-0.05, 0) is 19.0 Å². The SMILES string of the molecule is C=CN(/C=C\NCCC)CCCn1cc[n+](CCC)c1. The molecule has 0 spiro atoms. The van der Waals surface area contributed by atoms with Gasteiger partial charge in [-0.1, -0.05) is 20.4 Å². The topological polar surface area (TPSA) is 24.1 Å². The second kappa shape index (κ2) is 10.1. The second-order valence-corrected chi connectivity index (χ2v) is 4.93. The van der Waals surface area contributed by atoms with Gasteiger partial charge in [0.25, 0.3) is 0 Å². The monoisotopic (exact) mass is 277 g/mol. The maximum atomic E-state index is 3.85. The highest BCUT2D eigenvalue weighted by molar-refractivity contribution is 4.86. The van der Waals surface area contributed by atoms with Crippen LogP contribution >= 0.6 is 0 Å². The first kappa shape index (κ1) is 16.3. The molecule has 1 aromatic rings. The molecular weight excluding hydrogens is 248 g/mol. The molecule has 4 heteroatoms. The fourth-order valence-electron chi connectivity index (χ4n) is 2.00. The molecule has 1 aromatic heterocycles. The second-order valence-electron chi connectivity index (χ2n) is 4.93. The van der Waals surface area contributed by atoms with Gasteiger partial charge in [0, 0.05) is 31.9 Å². The van der Waals surface area contributed by atoms with Crippen LogP contribution < -0.4 is 9.88 Å². The Bertz CT molecular complexity index is 395. The fraction of sp³-hybridized carbons (Fsp3) is 0.562. The predicted octanol–water partition coefficient (Wildman–Crippen LogP) is 2.49. The summed E-state index contributed by atoms with van der Waals surface area (Å²) < 4.78 is 4.48. The van der Waals surface area contributed by atoms with Gasteiger partial charge in [-0.3, -0.25) is 0 Å². The zero-order chi connectivity index (χ0) is 14.6. The maximum Gasteiger partial charge on any atom is 0.243 e. The smallest absolute Gasteiger partial charge is 0.243 e. The van der Waals surface area contributed by atoms with Crippen molar-refractivity contribution in [2.75, 3.05) is 13.1 Å². The lowest BCUT2D eigenvalue weighted by Gasteiger charge is -2.14. The summed E-state index contributed by atoms with van der Waals surface area (Å²) in [4.78, 5) is 2.12. The molecule has 0 amide bonds. The molecule has 0 aliphatic carbocycles. The molecule has 1 rings (SSSR count). The number of imidazole rings is 1. The van der Waals surface area contributed by atoms with Crippen molar-refractivity contribution in [2.45, 2.75) is 46.2 Å². The lowest BCUT2D eigenvalue weighted by molar-refractivity contribution is -0.696. The molecule has 0 aliphatic heterocycles. The highest BCUT2D eigenvalue weighted by atomic mass is 15.1. The summed E-state index contributed by atoms with van der Waals surface area (Å²) in [6, 6.07) is 0. The van der Waals surface area contributed by atoms with Crippen molar-refractivity contribution in [1.82, 2.24) is 14.8 Å². The van der Waals surface area contributed by atoms with Crippen LogP contribution in [0.5, 0.6) is 0 Å². The molecule has 0 unspecified atom stereocenters. The lowest BCUT2D eigenvalue weighted by Crippen LogP contribution is -2.30. The van der Waals surface area contributed by atoms with Gasteiger partial charge >= 0.3 is 0 Å². The van der Waals surface area contributed by atoms with E-state index in [1.807, 2.05) is 12.4 Å². The van der Waals surface area contributed by atoms with E-state index in [1.165, 1.54) is 6.42 Å². The molecule has 0 fully saturated rings. The van der Waals surface area contributed by atoms with Gasteiger partial charge in [0.05, 0.1) is 13.1 Å². The minimum absolute atomic E-state index is 0.986. The van der Waals surface area contributed by atoms with Crippen molar-refractivity contribution in [3.05, 3.63) is 43.9 Å². The van der Waals surface area contributed by atoms with Crippen molar-refractivity contribution in [3.63, 3.8) is 0 Å². The van der Waals surface area contributed by atoms with Crippen molar-refractivity contribution < 1.29 is 4.57 Å². The van der Waals surface area contributed by atoms with Gasteiger partial charge < -0.3 is 10.2 Å². The average molecular weight is 277 g/mol. The van der Waals surface area contributed by atoms with Crippen LogP contribution in [0.2, 0.25) is 0 Å². The van der Waals surface area contributed by atoms with Gasteiger partial charge in [0.15, 0.2) is 0 Å². The minimum atomic E-state index is 0.986. The van der Waals surface area contributed by atoms with E-state index < -0.39 is 0 Å². The predicted molar refractivity (Wildman–Crippen MR) is 83.9 cm³/mol. The normalized spacial score (nSPS) is 10.9. The molecular formula is C16H29N4+. The van der Waals surface area contributed by atoms with Crippen LogP contribution in [0.4, 0.5) is 0 Å². The molecule has 0 saturated heterocycles. The van der Waals surface area contributed by atoms with Crippen LogP contribution in [-0.4, -0.2) is 22.6 Å². The molecule has 0 atom stereocenters. The number of nitrogens with one attached hydrogen (secondary N) is 1. The molecule has 0 radical (unpaired) electrons. The Morgan fingerprint density at radius 1 is 1.35 bits per heavy atom. The van der Waals surface area contributed by atoms with Crippen molar-refractivity contribution >= 4 is 0 Å². The molecule has 1 N–H and O–H groups in total. The molecule has 0 aliphatic rings. The number of nitrogens with zero attached hydrogens (tertiary/aromatic N) is 3. The van der Waals surface area contributed by atoms with Crippen LogP contribution in [0.3, 0.4) is 0 Å². The molecule has 0 bridgehead atoms. The largest absolute Gasteiger partial charge is 0.390 e. The summed E-state index contributed by atoms with van der Waals surface area (Å²) in [5.74, 6) is 0. The Kier molecular flexibility index (Phi) is 8.27. The number of aryl methyl sites for hydroxylation is 2. The number of aromatic nitrogens is 2.